The van der Waals surface area contributed by atoms with E-state index in [1.165, 1.54) is 32.6 Å². The van der Waals surface area contributed by atoms with Crippen LogP contribution in [0.1, 0.15) is 0 Å². The standard InChI is InChI=1S/C7H11N3O2S/c1-10(2)13(11,12)7-5-9-4-3-6(7)8/h3-5H,1-2H3,(H2,8,9). The van der Waals surface area contributed by atoms with Gasteiger partial charge in [0.2, 0.25) is 10.0 Å². The van der Waals surface area contributed by atoms with Gasteiger partial charge in [-0.1, -0.05) is 0 Å². The summed E-state index contributed by atoms with van der Waals surface area (Å²) in [6.45, 7) is 0. The van der Waals surface area contributed by atoms with E-state index in [1.807, 2.05) is 0 Å². The molecule has 0 unspecified atom stereocenters. The molecule has 0 saturated carbocycles. The lowest BCUT2D eigenvalue weighted by molar-refractivity contribution is 0.521. The fourth-order valence-electron chi connectivity index (χ4n) is 0.803. The van der Waals surface area contributed by atoms with E-state index < -0.39 is 10.0 Å². The van der Waals surface area contributed by atoms with E-state index in [9.17, 15) is 8.42 Å². The fourth-order valence-corrected chi connectivity index (χ4v) is 1.76. The number of anilines is 1. The maximum atomic E-state index is 11.6. The Hall–Kier alpha value is -1.14. The molecule has 0 radical (unpaired) electrons. The molecule has 0 aromatic carbocycles. The average molecular weight is 201 g/mol. The van der Waals surface area contributed by atoms with Crippen LogP contribution < -0.4 is 5.73 Å². The molecular formula is C7H11N3O2S. The van der Waals surface area contributed by atoms with Crippen LogP contribution in [0.2, 0.25) is 0 Å². The third-order valence-electron chi connectivity index (χ3n) is 1.58. The van der Waals surface area contributed by atoms with E-state index in [2.05, 4.69) is 4.98 Å². The van der Waals surface area contributed by atoms with Gasteiger partial charge < -0.3 is 5.73 Å². The Balaban J connectivity index is 3.32. The second kappa shape index (κ2) is 3.31. The number of sulfonamides is 1. The molecule has 6 heteroatoms. The van der Waals surface area contributed by atoms with Gasteiger partial charge in [0.25, 0.3) is 0 Å². The molecule has 0 saturated heterocycles. The fraction of sp³-hybridized carbons (Fsp3) is 0.286. The predicted molar refractivity (Wildman–Crippen MR) is 49.5 cm³/mol. The summed E-state index contributed by atoms with van der Waals surface area (Å²) in [5.74, 6) is 0. The smallest absolute Gasteiger partial charge is 0.246 e. The molecule has 2 N–H and O–H groups in total. The Labute approximate surface area is 77.2 Å². The molecule has 1 aromatic rings. The van der Waals surface area contributed by atoms with Crippen molar-refractivity contribution in [2.75, 3.05) is 19.8 Å². The van der Waals surface area contributed by atoms with Crippen LogP contribution in [-0.4, -0.2) is 31.8 Å². The molecule has 13 heavy (non-hydrogen) atoms. The van der Waals surface area contributed by atoms with Gasteiger partial charge in [0.1, 0.15) is 4.90 Å². The Morgan fingerprint density at radius 1 is 1.46 bits per heavy atom. The van der Waals surface area contributed by atoms with Gasteiger partial charge in [-0.05, 0) is 6.07 Å². The molecule has 1 aromatic heterocycles. The Bertz CT molecular complexity index is 400. The number of pyridine rings is 1. The second-order valence-electron chi connectivity index (χ2n) is 2.70. The summed E-state index contributed by atoms with van der Waals surface area (Å²) in [6, 6.07) is 1.45. The van der Waals surface area contributed by atoms with Gasteiger partial charge in [-0.25, -0.2) is 12.7 Å². The highest BCUT2D eigenvalue weighted by Gasteiger charge is 2.19. The number of hydrogen-bond donors (Lipinski definition) is 1. The Morgan fingerprint density at radius 2 is 2.08 bits per heavy atom. The predicted octanol–water partition coefficient (Wildman–Crippen LogP) is -0.0859. The summed E-state index contributed by atoms with van der Waals surface area (Å²) >= 11 is 0. The van der Waals surface area contributed by atoms with E-state index in [-0.39, 0.29) is 10.6 Å². The maximum absolute atomic E-state index is 11.6. The van der Waals surface area contributed by atoms with E-state index >= 15 is 0 Å². The van der Waals surface area contributed by atoms with Gasteiger partial charge in [0, 0.05) is 26.5 Å². The van der Waals surface area contributed by atoms with Crippen LogP contribution in [0.3, 0.4) is 0 Å². The molecule has 0 aliphatic carbocycles. The first kappa shape index (κ1) is 9.94. The minimum Gasteiger partial charge on any atom is -0.398 e. The number of aromatic nitrogens is 1. The van der Waals surface area contributed by atoms with E-state index in [1.54, 1.807) is 0 Å². The summed E-state index contributed by atoms with van der Waals surface area (Å²) in [6.07, 6.45) is 2.69. The quantitative estimate of drug-likeness (QED) is 0.725. The van der Waals surface area contributed by atoms with Crippen molar-refractivity contribution in [1.82, 2.24) is 9.29 Å². The average Bonchev–Trinajstić information content (AvgIpc) is 2.04. The normalized spacial score (nSPS) is 11.9. The SMILES string of the molecule is CN(C)S(=O)(=O)c1cnccc1N. The summed E-state index contributed by atoms with van der Waals surface area (Å²) < 4.78 is 24.2. The largest absolute Gasteiger partial charge is 0.398 e. The van der Waals surface area contributed by atoms with E-state index in [0.29, 0.717) is 0 Å². The maximum Gasteiger partial charge on any atom is 0.246 e. The minimum absolute atomic E-state index is 0.0417. The van der Waals surface area contributed by atoms with Crippen molar-refractivity contribution >= 4 is 15.7 Å². The molecule has 0 spiro atoms. The minimum atomic E-state index is -3.46. The van der Waals surface area contributed by atoms with Crippen LogP contribution in [0, 0.1) is 0 Å². The van der Waals surface area contributed by atoms with E-state index in [0.717, 1.165) is 4.31 Å². The summed E-state index contributed by atoms with van der Waals surface area (Å²) in [7, 11) is -0.569. The molecule has 0 fully saturated rings. The Kier molecular flexibility index (Phi) is 2.53. The van der Waals surface area contributed by atoms with Crippen molar-refractivity contribution in [3.05, 3.63) is 18.5 Å². The summed E-state index contributed by atoms with van der Waals surface area (Å²) in [5, 5.41) is 0. The van der Waals surface area contributed by atoms with Gasteiger partial charge in [-0.15, -0.1) is 0 Å². The monoisotopic (exact) mass is 201 g/mol. The first-order valence-electron chi connectivity index (χ1n) is 3.58. The van der Waals surface area contributed by atoms with Gasteiger partial charge in [0.15, 0.2) is 0 Å². The third kappa shape index (κ3) is 1.78. The van der Waals surface area contributed by atoms with Gasteiger partial charge in [-0.3, -0.25) is 4.98 Å². The lowest BCUT2D eigenvalue weighted by atomic mass is 10.4. The van der Waals surface area contributed by atoms with Crippen molar-refractivity contribution in [2.24, 2.45) is 0 Å². The first-order valence-corrected chi connectivity index (χ1v) is 5.02. The van der Waals surface area contributed by atoms with Crippen LogP contribution in [0.15, 0.2) is 23.4 Å². The number of hydrogen-bond acceptors (Lipinski definition) is 4. The molecule has 0 atom stereocenters. The van der Waals surface area contributed by atoms with Gasteiger partial charge >= 0.3 is 0 Å². The zero-order chi connectivity index (χ0) is 10.1. The molecule has 72 valence electrons. The van der Waals surface area contributed by atoms with Crippen molar-refractivity contribution in [3.63, 3.8) is 0 Å². The molecule has 0 bridgehead atoms. The molecular weight excluding hydrogens is 190 g/mol. The zero-order valence-corrected chi connectivity index (χ0v) is 8.25. The van der Waals surface area contributed by atoms with Crippen LogP contribution in [-0.2, 0) is 10.0 Å². The molecule has 0 aliphatic rings. The molecule has 5 nitrogen and oxygen atoms in total. The summed E-state index contributed by atoms with van der Waals surface area (Å²) in [4.78, 5) is 3.75. The van der Waals surface area contributed by atoms with Crippen LogP contribution in [0.25, 0.3) is 0 Å². The van der Waals surface area contributed by atoms with Crippen molar-refractivity contribution in [2.45, 2.75) is 4.90 Å². The molecule has 0 aliphatic heterocycles. The Morgan fingerprint density at radius 3 is 2.54 bits per heavy atom. The zero-order valence-electron chi connectivity index (χ0n) is 7.43. The van der Waals surface area contributed by atoms with Crippen LogP contribution >= 0.6 is 0 Å². The highest BCUT2D eigenvalue weighted by atomic mass is 32.2. The molecule has 1 rings (SSSR count). The summed E-state index contributed by atoms with van der Waals surface area (Å²) in [5.41, 5.74) is 5.71. The number of nitrogen functional groups attached to an aromatic ring is 1. The topological polar surface area (TPSA) is 76.3 Å². The highest BCUT2D eigenvalue weighted by molar-refractivity contribution is 7.89. The number of nitrogens with two attached hydrogens (primary N) is 1. The van der Waals surface area contributed by atoms with Crippen molar-refractivity contribution in [1.29, 1.82) is 0 Å². The second-order valence-corrected chi connectivity index (χ2v) is 4.82. The first-order chi connectivity index (χ1) is 5.96. The van der Waals surface area contributed by atoms with Crippen molar-refractivity contribution < 1.29 is 8.42 Å². The van der Waals surface area contributed by atoms with Gasteiger partial charge in [-0.2, -0.15) is 0 Å². The lowest BCUT2D eigenvalue weighted by Gasteiger charge is -2.11. The van der Waals surface area contributed by atoms with Crippen LogP contribution in [0.4, 0.5) is 5.69 Å². The lowest BCUT2D eigenvalue weighted by Crippen LogP contribution is -2.23. The number of rotatable bonds is 2. The van der Waals surface area contributed by atoms with E-state index in [4.69, 9.17) is 5.73 Å². The third-order valence-corrected chi connectivity index (χ3v) is 3.43. The molecule has 0 amide bonds. The van der Waals surface area contributed by atoms with Crippen molar-refractivity contribution in [3.8, 4) is 0 Å². The highest BCUT2D eigenvalue weighted by Crippen LogP contribution is 2.18. The van der Waals surface area contributed by atoms with Crippen LogP contribution in [0.5, 0.6) is 0 Å². The number of nitrogens with zero attached hydrogens (tertiary/aromatic N) is 2. The van der Waals surface area contributed by atoms with Gasteiger partial charge in [0.05, 0.1) is 5.69 Å². The molecule has 1 heterocycles.